The van der Waals surface area contributed by atoms with Crippen LogP contribution < -0.4 is 45.7 Å². The summed E-state index contributed by atoms with van der Waals surface area (Å²) < 4.78 is 0. The molecule has 0 fully saturated rings. The van der Waals surface area contributed by atoms with Crippen molar-refractivity contribution in [2.24, 2.45) is 0 Å². The van der Waals surface area contributed by atoms with Crippen LogP contribution in [0.15, 0.2) is 36.4 Å². The number of hydrogen-bond acceptors (Lipinski definition) is 4. The van der Waals surface area contributed by atoms with Gasteiger partial charge in [-0.2, -0.15) is 0 Å². The summed E-state index contributed by atoms with van der Waals surface area (Å²) in [6.45, 7) is 0. The number of carbonyl (C=O) groups excluding carboxylic acids is 2. The van der Waals surface area contributed by atoms with Gasteiger partial charge in [0.05, 0.1) is 5.97 Å². The summed E-state index contributed by atoms with van der Waals surface area (Å²) >= 11 is 0. The van der Waals surface area contributed by atoms with Crippen LogP contribution in [0.25, 0.3) is 0 Å². The minimum absolute atomic E-state index is 0. The van der Waals surface area contributed by atoms with E-state index in [1.54, 1.807) is 24.3 Å². The Kier molecular flexibility index (Phi) is 6.48. The van der Waals surface area contributed by atoms with Crippen LogP contribution in [0.2, 0.25) is 0 Å². The van der Waals surface area contributed by atoms with Crippen molar-refractivity contribution >= 4 is 23.3 Å². The Bertz CT molecular complexity index is 401. The van der Waals surface area contributed by atoms with Crippen molar-refractivity contribution < 1.29 is 44.3 Å². The number of aliphatic carboxylic acids is 1. The molecular formula is C10H9N2NaO3. The average Bonchev–Trinajstić information content (AvgIpc) is 2.19. The monoisotopic (exact) mass is 228 g/mol. The molecule has 1 amide bonds. The van der Waals surface area contributed by atoms with Crippen LogP contribution in [0.4, 0.5) is 11.4 Å². The zero-order chi connectivity index (χ0) is 11.3. The van der Waals surface area contributed by atoms with Gasteiger partial charge in [-0.25, -0.2) is 0 Å². The fraction of sp³-hybridized carbons (Fsp3) is 0. The molecule has 0 aliphatic carbocycles. The molecule has 0 heterocycles. The second-order valence-electron chi connectivity index (χ2n) is 2.76. The molecular weight excluding hydrogens is 219 g/mol. The van der Waals surface area contributed by atoms with E-state index >= 15 is 0 Å². The summed E-state index contributed by atoms with van der Waals surface area (Å²) in [7, 11) is 0. The van der Waals surface area contributed by atoms with Crippen molar-refractivity contribution in [3.05, 3.63) is 36.4 Å². The van der Waals surface area contributed by atoms with E-state index in [4.69, 9.17) is 5.73 Å². The van der Waals surface area contributed by atoms with Crippen LogP contribution >= 0.6 is 0 Å². The van der Waals surface area contributed by atoms with E-state index in [2.05, 4.69) is 5.32 Å². The maximum absolute atomic E-state index is 11.1. The van der Waals surface area contributed by atoms with E-state index in [-0.39, 0.29) is 29.6 Å². The Hall–Kier alpha value is -1.30. The van der Waals surface area contributed by atoms with Gasteiger partial charge >= 0.3 is 29.6 Å². The number of carboxylic acids is 1. The van der Waals surface area contributed by atoms with Crippen molar-refractivity contribution in [1.29, 1.82) is 0 Å². The molecule has 5 nitrogen and oxygen atoms in total. The van der Waals surface area contributed by atoms with E-state index in [0.29, 0.717) is 17.5 Å². The van der Waals surface area contributed by atoms with Gasteiger partial charge < -0.3 is 21.0 Å². The van der Waals surface area contributed by atoms with Gasteiger partial charge in [-0.15, -0.1) is 0 Å². The Morgan fingerprint density at radius 2 is 1.75 bits per heavy atom. The van der Waals surface area contributed by atoms with Gasteiger partial charge in [0, 0.05) is 17.5 Å². The fourth-order valence-corrected chi connectivity index (χ4v) is 0.894. The van der Waals surface area contributed by atoms with Crippen LogP contribution in [0.3, 0.4) is 0 Å². The molecule has 0 saturated carbocycles. The Labute approximate surface area is 115 Å². The molecule has 0 bridgehead atoms. The van der Waals surface area contributed by atoms with Crippen LogP contribution in [-0.4, -0.2) is 11.9 Å². The number of nitrogens with two attached hydrogens (primary N) is 1. The predicted molar refractivity (Wildman–Crippen MR) is 53.6 cm³/mol. The molecule has 0 unspecified atom stereocenters. The Balaban J connectivity index is 0.00000225. The zero-order valence-electron chi connectivity index (χ0n) is 8.77. The van der Waals surface area contributed by atoms with Crippen molar-refractivity contribution in [2.45, 2.75) is 0 Å². The van der Waals surface area contributed by atoms with Gasteiger partial charge in [-0.3, -0.25) is 4.79 Å². The van der Waals surface area contributed by atoms with Gasteiger partial charge in [-0.05, 0) is 30.3 Å². The number of amides is 1. The first-order valence-electron chi connectivity index (χ1n) is 4.13. The average molecular weight is 228 g/mol. The molecule has 1 aromatic rings. The van der Waals surface area contributed by atoms with Gasteiger partial charge in [-0.1, -0.05) is 0 Å². The third kappa shape index (κ3) is 5.55. The number of hydrogen-bond donors (Lipinski definition) is 2. The molecule has 0 aliphatic rings. The number of nitrogen functional groups attached to an aromatic ring is 1. The quantitative estimate of drug-likeness (QED) is 0.319. The van der Waals surface area contributed by atoms with Crippen LogP contribution in [-0.2, 0) is 9.59 Å². The topological polar surface area (TPSA) is 95.2 Å². The third-order valence-electron chi connectivity index (χ3n) is 1.55. The van der Waals surface area contributed by atoms with Gasteiger partial charge in [0.1, 0.15) is 0 Å². The van der Waals surface area contributed by atoms with Gasteiger partial charge in [0.15, 0.2) is 0 Å². The van der Waals surface area contributed by atoms with Crippen molar-refractivity contribution in [2.75, 3.05) is 11.1 Å². The summed E-state index contributed by atoms with van der Waals surface area (Å²) in [5, 5.41) is 12.5. The van der Waals surface area contributed by atoms with Crippen molar-refractivity contribution in [3.8, 4) is 0 Å². The minimum Gasteiger partial charge on any atom is -0.545 e. The molecule has 6 heteroatoms. The number of anilines is 2. The van der Waals surface area contributed by atoms with Crippen LogP contribution in [0.5, 0.6) is 0 Å². The normalized spacial score (nSPS) is 9.50. The molecule has 3 N–H and O–H groups in total. The fourth-order valence-electron chi connectivity index (χ4n) is 0.894. The minimum atomic E-state index is -1.41. The Morgan fingerprint density at radius 3 is 2.25 bits per heavy atom. The molecule has 1 aromatic carbocycles. The zero-order valence-corrected chi connectivity index (χ0v) is 10.8. The number of carbonyl (C=O) groups is 2. The number of carboxylic acid groups (broad SMARTS) is 1. The molecule has 0 aromatic heterocycles. The summed E-state index contributed by atoms with van der Waals surface area (Å²) in [5.74, 6) is -1.95. The van der Waals surface area contributed by atoms with E-state index < -0.39 is 11.9 Å². The number of rotatable bonds is 3. The number of benzene rings is 1. The first-order chi connectivity index (χ1) is 7.08. The summed E-state index contributed by atoms with van der Waals surface area (Å²) in [6, 6.07) is 6.47. The van der Waals surface area contributed by atoms with E-state index in [9.17, 15) is 14.7 Å². The van der Waals surface area contributed by atoms with E-state index in [1.807, 2.05) is 0 Å². The first kappa shape index (κ1) is 14.7. The molecule has 0 saturated heterocycles. The molecule has 1 rings (SSSR count). The summed E-state index contributed by atoms with van der Waals surface area (Å²) in [5.41, 5.74) is 6.56. The maximum atomic E-state index is 11.1. The second kappa shape index (κ2) is 7.05. The third-order valence-corrected chi connectivity index (χ3v) is 1.55. The second-order valence-corrected chi connectivity index (χ2v) is 2.76. The van der Waals surface area contributed by atoms with Gasteiger partial charge in [0.25, 0.3) is 0 Å². The number of nitrogens with one attached hydrogen (secondary N) is 1. The SMILES string of the molecule is Nc1ccc(NC(=O)C=CC(=O)[O-])cc1.[Na+]. The van der Waals surface area contributed by atoms with E-state index in [1.165, 1.54) is 0 Å². The van der Waals surface area contributed by atoms with Gasteiger partial charge in [0.2, 0.25) is 5.91 Å². The van der Waals surface area contributed by atoms with Crippen molar-refractivity contribution in [1.82, 2.24) is 0 Å². The summed E-state index contributed by atoms with van der Waals surface area (Å²) in [4.78, 5) is 21.1. The largest absolute Gasteiger partial charge is 1.00 e. The van der Waals surface area contributed by atoms with Crippen LogP contribution in [0.1, 0.15) is 0 Å². The molecule has 0 atom stereocenters. The van der Waals surface area contributed by atoms with Crippen molar-refractivity contribution in [3.63, 3.8) is 0 Å². The van der Waals surface area contributed by atoms with Crippen LogP contribution in [0, 0.1) is 0 Å². The molecule has 78 valence electrons. The first-order valence-corrected chi connectivity index (χ1v) is 4.13. The maximum Gasteiger partial charge on any atom is 1.00 e. The standard InChI is InChI=1S/C10H10N2O3.Na/c11-7-1-3-8(4-2-7)12-9(13)5-6-10(14)15;/h1-6H,11H2,(H,12,13)(H,14,15);/q;+1/p-1. The molecule has 0 spiro atoms. The molecule has 0 aliphatic heterocycles. The summed E-state index contributed by atoms with van der Waals surface area (Å²) in [6.07, 6.45) is 1.54. The predicted octanol–water partition coefficient (Wildman–Crippen LogP) is -3.48. The molecule has 16 heavy (non-hydrogen) atoms. The molecule has 0 radical (unpaired) electrons. The smallest absolute Gasteiger partial charge is 0.545 e. The van der Waals surface area contributed by atoms with E-state index in [0.717, 1.165) is 6.08 Å². The Morgan fingerprint density at radius 1 is 1.19 bits per heavy atom.